The van der Waals surface area contributed by atoms with Crippen molar-refractivity contribution in [2.24, 2.45) is 5.73 Å². The lowest BCUT2D eigenvalue weighted by molar-refractivity contribution is -0.161. The van der Waals surface area contributed by atoms with Crippen molar-refractivity contribution in [3.05, 3.63) is 48.0 Å². The number of halogens is 1. The zero-order valence-electron chi connectivity index (χ0n) is 14.9. The molecule has 0 fully saturated rings. The van der Waals surface area contributed by atoms with Crippen LogP contribution in [0.3, 0.4) is 0 Å². The number of pyridine rings is 1. The van der Waals surface area contributed by atoms with E-state index in [2.05, 4.69) is 4.98 Å². The van der Waals surface area contributed by atoms with E-state index in [0.717, 1.165) is 12.1 Å². The van der Waals surface area contributed by atoms with Crippen LogP contribution in [-0.4, -0.2) is 53.6 Å². The van der Waals surface area contributed by atoms with Crippen LogP contribution in [0.25, 0.3) is 0 Å². The number of carboxylic acid groups (broad SMARTS) is 1. The summed E-state index contributed by atoms with van der Waals surface area (Å²) in [4.78, 5) is 15.7. The summed E-state index contributed by atoms with van der Waals surface area (Å²) in [5, 5.41) is 20.1. The fourth-order valence-electron chi connectivity index (χ4n) is 2.38. The monoisotopic (exact) mass is 380 g/mol. The third-order valence-electron chi connectivity index (χ3n) is 3.97. The number of methoxy groups -OCH3 is 2. The molecule has 1 aromatic carbocycles. The standard InChI is InChI=1S/C18H21FN2O6/c1-25-13-3-4-21-12(7-13)9-18(24,17(22)23)16(20)10-27-15-6-11(19)5-14(8-15)26-2/h3-8,16,24H,9-10,20H2,1-2H3,(H,22,23)/t16-,18+/m0/s1. The van der Waals surface area contributed by atoms with Crippen molar-refractivity contribution in [3.8, 4) is 17.2 Å². The number of hydrogen-bond acceptors (Lipinski definition) is 7. The van der Waals surface area contributed by atoms with Gasteiger partial charge in [-0.25, -0.2) is 9.18 Å². The minimum absolute atomic E-state index is 0.0922. The van der Waals surface area contributed by atoms with Gasteiger partial charge in [0.2, 0.25) is 0 Å². The van der Waals surface area contributed by atoms with Crippen LogP contribution in [0.1, 0.15) is 5.69 Å². The summed E-state index contributed by atoms with van der Waals surface area (Å²) in [6.45, 7) is -0.376. The molecule has 2 aromatic rings. The predicted molar refractivity (Wildman–Crippen MR) is 93.5 cm³/mol. The van der Waals surface area contributed by atoms with E-state index < -0.39 is 23.4 Å². The largest absolute Gasteiger partial charge is 0.497 e. The van der Waals surface area contributed by atoms with Crippen molar-refractivity contribution in [1.29, 1.82) is 0 Å². The Balaban J connectivity index is 2.14. The lowest BCUT2D eigenvalue weighted by atomic mass is 9.89. The van der Waals surface area contributed by atoms with E-state index in [1.807, 2.05) is 0 Å². The highest BCUT2D eigenvalue weighted by atomic mass is 19.1. The molecule has 0 radical (unpaired) electrons. The lowest BCUT2D eigenvalue weighted by Gasteiger charge is -2.29. The summed E-state index contributed by atoms with van der Waals surface area (Å²) in [5.74, 6) is -1.33. The maximum atomic E-state index is 13.5. The number of ether oxygens (including phenoxy) is 3. The van der Waals surface area contributed by atoms with Gasteiger partial charge >= 0.3 is 5.97 Å². The number of nitrogens with zero attached hydrogens (tertiary/aromatic N) is 1. The van der Waals surface area contributed by atoms with Crippen molar-refractivity contribution >= 4 is 5.97 Å². The molecular weight excluding hydrogens is 359 g/mol. The molecule has 0 amide bonds. The van der Waals surface area contributed by atoms with Crippen molar-refractivity contribution in [3.63, 3.8) is 0 Å². The first kappa shape index (κ1) is 20.4. The van der Waals surface area contributed by atoms with E-state index in [0.29, 0.717) is 5.75 Å². The fourth-order valence-corrected chi connectivity index (χ4v) is 2.38. The van der Waals surface area contributed by atoms with Crippen LogP contribution in [0.15, 0.2) is 36.5 Å². The first-order valence-electron chi connectivity index (χ1n) is 7.96. The normalized spacial score (nSPS) is 14.1. The van der Waals surface area contributed by atoms with Crippen LogP contribution in [0, 0.1) is 5.82 Å². The summed E-state index contributed by atoms with van der Waals surface area (Å²) >= 11 is 0. The molecule has 0 bridgehead atoms. The molecule has 2 atom stereocenters. The number of nitrogens with two attached hydrogens (primary N) is 1. The number of aliphatic hydroxyl groups is 1. The zero-order valence-corrected chi connectivity index (χ0v) is 14.9. The van der Waals surface area contributed by atoms with E-state index in [9.17, 15) is 19.4 Å². The highest BCUT2D eigenvalue weighted by molar-refractivity contribution is 5.78. The van der Waals surface area contributed by atoms with Gasteiger partial charge in [-0.3, -0.25) is 4.98 Å². The second kappa shape index (κ2) is 8.65. The summed E-state index contributed by atoms with van der Waals surface area (Å²) in [5.41, 5.74) is 3.82. The highest BCUT2D eigenvalue weighted by Gasteiger charge is 2.43. The maximum absolute atomic E-state index is 13.5. The van der Waals surface area contributed by atoms with Gasteiger partial charge < -0.3 is 30.2 Å². The Bertz CT molecular complexity index is 803. The van der Waals surface area contributed by atoms with Gasteiger partial charge in [0.25, 0.3) is 0 Å². The number of aromatic nitrogens is 1. The Morgan fingerprint density at radius 1 is 1.22 bits per heavy atom. The molecule has 9 heteroatoms. The fraction of sp³-hybridized carbons (Fsp3) is 0.333. The van der Waals surface area contributed by atoms with Crippen molar-refractivity contribution in [2.45, 2.75) is 18.1 Å². The summed E-state index contributed by atoms with van der Waals surface area (Å²) in [6, 6.07) is 5.44. The Labute approximate surface area is 155 Å². The van der Waals surface area contributed by atoms with Crippen molar-refractivity contribution in [2.75, 3.05) is 20.8 Å². The average Bonchev–Trinajstić information content (AvgIpc) is 2.65. The quantitative estimate of drug-likeness (QED) is 0.589. The number of aliphatic carboxylic acids is 1. The van der Waals surface area contributed by atoms with Gasteiger partial charge in [0.1, 0.15) is 29.7 Å². The van der Waals surface area contributed by atoms with Gasteiger partial charge in [-0.05, 0) is 6.07 Å². The van der Waals surface area contributed by atoms with Gasteiger partial charge in [0.05, 0.1) is 20.3 Å². The van der Waals surface area contributed by atoms with Gasteiger partial charge in [0.15, 0.2) is 5.60 Å². The van der Waals surface area contributed by atoms with Crippen molar-refractivity contribution < 1.29 is 33.6 Å². The SMILES string of the molecule is COc1cc(F)cc(OC[C@H](N)[C@](O)(Cc2cc(OC)ccn2)C(=O)O)c1. The van der Waals surface area contributed by atoms with E-state index in [1.54, 1.807) is 6.07 Å². The molecule has 27 heavy (non-hydrogen) atoms. The molecule has 0 saturated heterocycles. The van der Waals surface area contributed by atoms with Gasteiger partial charge in [0, 0.05) is 42.6 Å². The lowest BCUT2D eigenvalue weighted by Crippen LogP contribution is -2.58. The minimum atomic E-state index is -2.35. The summed E-state index contributed by atoms with van der Waals surface area (Å²) in [6.07, 6.45) is 1.06. The molecule has 1 heterocycles. The Hall–Kier alpha value is -2.91. The first-order chi connectivity index (χ1) is 12.8. The molecule has 0 aliphatic rings. The highest BCUT2D eigenvalue weighted by Crippen LogP contribution is 2.24. The molecule has 0 saturated carbocycles. The van der Waals surface area contributed by atoms with Gasteiger partial charge in [-0.15, -0.1) is 0 Å². The Morgan fingerprint density at radius 2 is 1.89 bits per heavy atom. The first-order valence-corrected chi connectivity index (χ1v) is 7.96. The van der Waals surface area contributed by atoms with Crippen LogP contribution >= 0.6 is 0 Å². The number of carboxylic acids is 1. The van der Waals surface area contributed by atoms with Crippen LogP contribution in [0.5, 0.6) is 17.2 Å². The number of benzene rings is 1. The molecule has 0 aliphatic carbocycles. The molecule has 0 spiro atoms. The second-order valence-electron chi connectivity index (χ2n) is 5.84. The maximum Gasteiger partial charge on any atom is 0.337 e. The number of carbonyl (C=O) groups is 1. The molecule has 4 N–H and O–H groups in total. The van der Waals surface area contributed by atoms with Gasteiger partial charge in [-0.2, -0.15) is 0 Å². The van der Waals surface area contributed by atoms with Crippen LogP contribution in [0.2, 0.25) is 0 Å². The third-order valence-corrected chi connectivity index (χ3v) is 3.97. The minimum Gasteiger partial charge on any atom is -0.497 e. The predicted octanol–water partition coefficient (Wildman–Crippen LogP) is 1.00. The topological polar surface area (TPSA) is 124 Å². The molecule has 0 unspecified atom stereocenters. The number of rotatable bonds is 9. The second-order valence-corrected chi connectivity index (χ2v) is 5.84. The molecule has 146 valence electrons. The number of hydrogen-bond donors (Lipinski definition) is 3. The van der Waals surface area contributed by atoms with E-state index in [4.69, 9.17) is 19.9 Å². The molecule has 2 rings (SSSR count). The van der Waals surface area contributed by atoms with Gasteiger partial charge in [-0.1, -0.05) is 0 Å². The smallest absolute Gasteiger partial charge is 0.337 e. The van der Waals surface area contributed by atoms with Crippen LogP contribution < -0.4 is 19.9 Å². The molecule has 1 aromatic heterocycles. The van der Waals surface area contributed by atoms with Crippen LogP contribution in [-0.2, 0) is 11.2 Å². The van der Waals surface area contributed by atoms with E-state index in [-0.39, 0.29) is 30.2 Å². The Morgan fingerprint density at radius 3 is 2.52 bits per heavy atom. The van der Waals surface area contributed by atoms with E-state index >= 15 is 0 Å². The Kier molecular flexibility index (Phi) is 6.54. The molecule has 8 nitrogen and oxygen atoms in total. The molecule has 0 aliphatic heterocycles. The van der Waals surface area contributed by atoms with Crippen LogP contribution in [0.4, 0.5) is 4.39 Å². The van der Waals surface area contributed by atoms with E-state index in [1.165, 1.54) is 32.5 Å². The zero-order chi connectivity index (χ0) is 20.0. The summed E-state index contributed by atoms with van der Waals surface area (Å²) in [7, 11) is 2.82. The van der Waals surface area contributed by atoms with Crippen molar-refractivity contribution in [1.82, 2.24) is 4.98 Å². The summed E-state index contributed by atoms with van der Waals surface area (Å²) < 4.78 is 28.9. The third kappa shape index (κ3) is 5.05. The molecular formula is C18H21FN2O6. The average molecular weight is 380 g/mol.